The van der Waals surface area contributed by atoms with E-state index in [4.69, 9.17) is 24.4 Å². The van der Waals surface area contributed by atoms with E-state index in [1.807, 2.05) is 55.4 Å². The molecule has 36 heteroatoms. The van der Waals surface area contributed by atoms with Gasteiger partial charge in [0.05, 0.1) is 47.0 Å². The van der Waals surface area contributed by atoms with Gasteiger partial charge in [0.25, 0.3) is 16.7 Å². The third-order valence-corrected chi connectivity index (χ3v) is 15.3. The molecule has 0 fully saturated rings. The van der Waals surface area contributed by atoms with Crippen LogP contribution in [0.25, 0.3) is 33.1 Å². The van der Waals surface area contributed by atoms with Gasteiger partial charge in [-0.25, -0.2) is 29.3 Å². The molecule has 0 bridgehead atoms. The summed E-state index contributed by atoms with van der Waals surface area (Å²) in [6.45, 7) is 15.6. The summed E-state index contributed by atoms with van der Waals surface area (Å²) in [4.78, 5) is 99.5. The van der Waals surface area contributed by atoms with Gasteiger partial charge in [0.2, 0.25) is 0 Å². The number of fused-ring (bicyclic) bond motifs is 3. The lowest BCUT2D eigenvalue weighted by atomic mass is 9.97. The number of carbonyl (C=O) groups is 1. The minimum Gasteiger partial charge on any atom is -0.456 e. The third kappa shape index (κ3) is 25.3. The SMILES string of the molecule is CC(C)CC(O)c1c(Oc2cccc(OC(F)(F)F)c2)cnc2c1c(=O)n(CCCO)c(=O)n2C.CC(C)CC=O.CCCCn1c(=O)c2c(C(O)CC(C)C)c(Oc3cccc(OC(F)(F)F)c3)cnc2n(C)c1=O.CCCCn1c(=O)c2cc(Oc3cccc(OC(F)(F)F)c3)cnc2n(C)c1=O.CO.Cl. The highest BCUT2D eigenvalue weighted by molar-refractivity contribution is 5.85. The van der Waals surface area contributed by atoms with Gasteiger partial charge in [-0.05, 0) is 92.3 Å². The molecule has 6 heterocycles. The largest absolute Gasteiger partial charge is 0.573 e. The highest BCUT2D eigenvalue weighted by Crippen LogP contribution is 2.40. The zero-order valence-electron chi connectivity index (χ0n) is 61.1. The molecule has 0 saturated heterocycles. The molecule has 2 unspecified atom stereocenters. The van der Waals surface area contributed by atoms with Gasteiger partial charge in [-0.15, -0.1) is 51.9 Å². The zero-order chi connectivity index (χ0) is 80.0. The van der Waals surface area contributed by atoms with Crippen LogP contribution in [-0.4, -0.2) is 102 Å². The topological polar surface area (TPSA) is 324 Å². The smallest absolute Gasteiger partial charge is 0.456 e. The summed E-state index contributed by atoms with van der Waals surface area (Å²) in [5.74, 6) is -0.767. The van der Waals surface area contributed by atoms with E-state index in [1.54, 1.807) is 0 Å². The summed E-state index contributed by atoms with van der Waals surface area (Å²) in [7, 11) is 5.41. The maximum atomic E-state index is 13.4. The standard InChI is InChI=1S/C24H28F3N3O5.C23H26F3N3O6.C19H18F3N3O4.C5H10O.CH4O.ClH/c1-5-6-10-30-22(32)20-19(17(31)11-14(2)3)18(13-28-21(20)29(4)23(30)33)34-15-8-7-9-16(12-15)35-24(25,26)27;1-13(2)10-16(31)18-17(34-14-6-4-7-15(11-14)35-23(24,25)26)12-27-20-19(18)21(32)29(8-5-9-30)22(33)28(20)3;1-3-4-8-25-17(26)15-10-14(11-23-16(15)24(2)18(25)27)28-12-6-5-7-13(9-12)29-19(20,21)22;1-5(2)3-4-6;1-2;/h7-9,12-14,17,31H,5-6,10-11H2,1-4H3;4,6-7,11-13,16,30-31H,5,8-10H2,1-3H3;5-7,9-11H,3-4,8H2,1-2H3;4-5H,3H2,1-2H3;2H,1H3;1H. The molecule has 9 aromatic rings. The lowest BCUT2D eigenvalue weighted by molar-refractivity contribution is -0.275. The van der Waals surface area contributed by atoms with Crippen LogP contribution in [0.1, 0.15) is 130 Å². The monoisotopic (exact) mass is 1560 g/mol. The Morgan fingerprint density at radius 1 is 0.463 bits per heavy atom. The van der Waals surface area contributed by atoms with Crippen LogP contribution < -0.4 is 62.2 Å². The number of benzene rings is 3. The molecule has 592 valence electrons. The van der Waals surface area contributed by atoms with Crippen molar-refractivity contribution in [3.63, 3.8) is 0 Å². The molecule has 26 nitrogen and oxygen atoms in total. The molecule has 108 heavy (non-hydrogen) atoms. The Hall–Kier alpha value is -10.1. The number of nitrogens with zero attached hydrogens (tertiary/aromatic N) is 9. The summed E-state index contributed by atoms with van der Waals surface area (Å²) in [6, 6.07) is 16.1. The summed E-state index contributed by atoms with van der Waals surface area (Å²) in [5, 5.41) is 38.4. The Morgan fingerprint density at radius 3 is 1.12 bits per heavy atom. The highest BCUT2D eigenvalue weighted by atomic mass is 35.5. The van der Waals surface area contributed by atoms with E-state index in [0.29, 0.717) is 25.2 Å². The second-order valence-electron chi connectivity index (χ2n) is 25.2. The van der Waals surface area contributed by atoms with E-state index in [0.717, 1.165) is 80.9 Å². The van der Waals surface area contributed by atoms with Gasteiger partial charge in [0, 0.05) is 90.2 Å². The molecule has 4 N–H and O–H groups in total. The van der Waals surface area contributed by atoms with Crippen LogP contribution in [0.2, 0.25) is 0 Å². The number of pyridine rings is 3. The van der Waals surface area contributed by atoms with E-state index < -0.39 is 82.3 Å². The molecular weight excluding hydrogens is 1470 g/mol. The lowest BCUT2D eigenvalue weighted by Gasteiger charge is -2.21. The van der Waals surface area contributed by atoms with Crippen LogP contribution in [0.5, 0.6) is 51.7 Å². The fraction of sp³-hybridized carbons (Fsp3) is 0.444. The quantitative estimate of drug-likeness (QED) is 0.0289. The first-order valence-electron chi connectivity index (χ1n) is 33.6. The number of aryl methyl sites for hydroxylation is 3. The van der Waals surface area contributed by atoms with E-state index in [-0.39, 0.29) is 148 Å². The van der Waals surface area contributed by atoms with Crippen molar-refractivity contribution in [2.45, 2.75) is 158 Å². The average Bonchev–Trinajstić information content (AvgIpc) is 0.753. The number of hydrogen-bond acceptors (Lipinski definition) is 20. The van der Waals surface area contributed by atoms with Crippen LogP contribution >= 0.6 is 12.4 Å². The first-order chi connectivity index (χ1) is 50.3. The van der Waals surface area contributed by atoms with Crippen molar-refractivity contribution in [1.82, 2.24) is 42.4 Å². The first-order valence-corrected chi connectivity index (χ1v) is 33.6. The zero-order valence-corrected chi connectivity index (χ0v) is 61.9. The van der Waals surface area contributed by atoms with Gasteiger partial charge in [0.1, 0.15) is 63.5 Å². The molecule has 0 aliphatic rings. The van der Waals surface area contributed by atoms with Gasteiger partial charge in [0.15, 0.2) is 11.5 Å². The summed E-state index contributed by atoms with van der Waals surface area (Å²) in [5.41, 5.74) is -3.00. The number of aldehydes is 1. The number of halogens is 10. The number of ether oxygens (including phenoxy) is 6. The Kier molecular flexibility index (Phi) is 34.1. The number of carbonyl (C=O) groups excluding carboxylic acids is 1. The summed E-state index contributed by atoms with van der Waals surface area (Å²) < 4.78 is 149. The molecule has 0 aliphatic heterocycles. The fourth-order valence-corrected chi connectivity index (χ4v) is 10.5. The normalized spacial score (nSPS) is 12.0. The van der Waals surface area contributed by atoms with E-state index in [2.05, 4.69) is 29.2 Å². The van der Waals surface area contributed by atoms with E-state index in [9.17, 15) is 83.3 Å². The van der Waals surface area contributed by atoms with Gasteiger partial charge < -0.3 is 53.6 Å². The number of rotatable bonds is 26. The van der Waals surface area contributed by atoms with Crippen LogP contribution in [-0.2, 0) is 45.6 Å². The van der Waals surface area contributed by atoms with Crippen molar-refractivity contribution in [3.05, 3.63) is 171 Å². The molecule has 0 spiro atoms. The molecule has 9 rings (SSSR count). The van der Waals surface area contributed by atoms with Crippen LogP contribution in [0.3, 0.4) is 0 Å². The molecule has 0 radical (unpaired) electrons. The van der Waals surface area contributed by atoms with Crippen molar-refractivity contribution in [2.75, 3.05) is 13.7 Å². The van der Waals surface area contributed by atoms with Gasteiger partial charge >= 0.3 is 36.2 Å². The molecule has 0 aliphatic carbocycles. The van der Waals surface area contributed by atoms with Gasteiger partial charge in [-0.3, -0.25) is 41.8 Å². The summed E-state index contributed by atoms with van der Waals surface area (Å²) in [6.07, 6.45) is -8.11. The fourth-order valence-electron chi connectivity index (χ4n) is 10.5. The molecule has 3 aromatic carbocycles. The Labute approximate surface area is 618 Å². The van der Waals surface area contributed by atoms with E-state index >= 15 is 0 Å². The molecule has 6 aromatic heterocycles. The summed E-state index contributed by atoms with van der Waals surface area (Å²) >= 11 is 0. The average molecular weight is 1560 g/mol. The molecule has 0 saturated carbocycles. The number of unbranched alkanes of at least 4 members (excludes halogenated alkanes) is 2. The Morgan fingerprint density at radius 2 is 0.796 bits per heavy atom. The van der Waals surface area contributed by atoms with E-state index in [1.165, 1.54) is 91.3 Å². The van der Waals surface area contributed by atoms with Crippen LogP contribution in [0, 0.1) is 17.8 Å². The van der Waals surface area contributed by atoms with Crippen molar-refractivity contribution in [3.8, 4) is 51.7 Å². The maximum absolute atomic E-state index is 13.4. The second kappa shape index (κ2) is 40.7. The molecule has 2 atom stereocenters. The number of aliphatic hydroxyl groups excluding tert-OH is 4. The van der Waals surface area contributed by atoms with Crippen molar-refractivity contribution in [2.24, 2.45) is 38.9 Å². The Bertz CT molecular complexity index is 4660. The Balaban J connectivity index is 0.000000325. The van der Waals surface area contributed by atoms with Crippen LogP contribution in [0.4, 0.5) is 39.5 Å². The minimum absolute atomic E-state index is 0. The van der Waals surface area contributed by atoms with Crippen molar-refractivity contribution >= 4 is 51.8 Å². The predicted octanol–water partition coefficient (Wildman–Crippen LogP) is 12.8. The molecule has 0 amide bonds. The molecular formula is C72H87ClF9N9O17. The van der Waals surface area contributed by atoms with Crippen molar-refractivity contribution in [1.29, 1.82) is 0 Å². The van der Waals surface area contributed by atoms with Crippen LogP contribution in [0.15, 0.2) is 126 Å². The second-order valence-corrected chi connectivity index (χ2v) is 25.2. The van der Waals surface area contributed by atoms with Crippen molar-refractivity contribution < 1.29 is 93.2 Å². The third-order valence-electron chi connectivity index (χ3n) is 15.3. The number of aromatic nitrogens is 9. The first kappa shape index (κ1) is 90.3. The predicted molar refractivity (Wildman–Crippen MR) is 385 cm³/mol. The number of alkyl halides is 9. The maximum Gasteiger partial charge on any atom is 0.573 e. The number of hydrogen-bond donors (Lipinski definition) is 4. The lowest BCUT2D eigenvalue weighted by Crippen LogP contribution is -2.40. The highest BCUT2D eigenvalue weighted by Gasteiger charge is 2.34. The van der Waals surface area contributed by atoms with Gasteiger partial charge in [-0.2, -0.15) is 0 Å². The minimum atomic E-state index is -4.90. The number of aliphatic hydroxyl groups is 4. The van der Waals surface area contributed by atoms with Gasteiger partial charge in [-0.1, -0.05) is 86.4 Å².